The highest BCUT2D eigenvalue weighted by atomic mass is 16.5. The van der Waals surface area contributed by atoms with Gasteiger partial charge in [0, 0.05) is 31.0 Å². The number of likely N-dealkylation sites (tertiary alicyclic amines) is 1. The third-order valence-corrected chi connectivity index (χ3v) is 8.48. The van der Waals surface area contributed by atoms with Crippen molar-refractivity contribution >= 4 is 18.0 Å². The number of fused-ring (bicyclic) bond motifs is 4. The molecule has 1 heterocycles. The zero-order valence-electron chi connectivity index (χ0n) is 19.6. The average Bonchev–Trinajstić information content (AvgIpc) is 3.22. The van der Waals surface area contributed by atoms with Crippen molar-refractivity contribution in [3.8, 4) is 11.1 Å². The molecule has 182 valence electrons. The van der Waals surface area contributed by atoms with Gasteiger partial charge >= 0.3 is 12.1 Å². The number of carboxylic acid groups (broad SMARTS) is 1. The van der Waals surface area contributed by atoms with Crippen LogP contribution in [0.1, 0.15) is 42.7 Å². The maximum atomic E-state index is 13.0. The largest absolute Gasteiger partial charge is 0.481 e. The number of benzene rings is 2. The molecule has 0 spiro atoms. The summed E-state index contributed by atoms with van der Waals surface area (Å²) in [6.07, 6.45) is 2.70. The molecule has 0 bridgehead atoms. The molecule has 3 fully saturated rings. The fraction of sp³-hybridized carbons (Fsp3) is 0.464. The minimum atomic E-state index is -0.739. The zero-order valence-corrected chi connectivity index (χ0v) is 19.6. The Kier molecular flexibility index (Phi) is 5.50. The number of amides is 2. The Morgan fingerprint density at radius 2 is 1.57 bits per heavy atom. The van der Waals surface area contributed by atoms with E-state index in [2.05, 4.69) is 29.6 Å². The van der Waals surface area contributed by atoms with Crippen LogP contribution in [-0.2, 0) is 14.3 Å². The lowest BCUT2D eigenvalue weighted by Gasteiger charge is -2.32. The van der Waals surface area contributed by atoms with Gasteiger partial charge in [-0.3, -0.25) is 9.59 Å². The monoisotopic (exact) mass is 474 g/mol. The van der Waals surface area contributed by atoms with E-state index in [0.29, 0.717) is 19.5 Å². The smallest absolute Gasteiger partial charge is 0.407 e. The molecule has 7 nitrogen and oxygen atoms in total. The summed E-state index contributed by atoms with van der Waals surface area (Å²) in [4.78, 5) is 38.8. The Balaban J connectivity index is 1.02. The molecule has 2 N–H and O–H groups in total. The van der Waals surface area contributed by atoms with Crippen LogP contribution in [0.5, 0.6) is 0 Å². The number of piperidine rings is 1. The van der Waals surface area contributed by atoms with Gasteiger partial charge in [-0.05, 0) is 53.4 Å². The number of carboxylic acids is 1. The molecule has 2 aromatic carbocycles. The second-order valence-corrected chi connectivity index (χ2v) is 10.5. The van der Waals surface area contributed by atoms with Crippen LogP contribution in [0.3, 0.4) is 0 Å². The predicted molar refractivity (Wildman–Crippen MR) is 129 cm³/mol. The maximum absolute atomic E-state index is 13.0. The van der Waals surface area contributed by atoms with Gasteiger partial charge in [-0.1, -0.05) is 55.0 Å². The first-order valence-corrected chi connectivity index (χ1v) is 12.6. The molecule has 5 atom stereocenters. The molecule has 7 heteroatoms. The minimum Gasteiger partial charge on any atom is -0.481 e. The Hall–Kier alpha value is -3.35. The van der Waals surface area contributed by atoms with E-state index < -0.39 is 12.1 Å². The molecular formula is C28H30N2O5. The van der Waals surface area contributed by atoms with E-state index in [9.17, 15) is 19.5 Å². The Morgan fingerprint density at radius 1 is 0.943 bits per heavy atom. The van der Waals surface area contributed by atoms with Gasteiger partial charge in [-0.2, -0.15) is 0 Å². The summed E-state index contributed by atoms with van der Waals surface area (Å²) in [5.41, 5.74) is 4.75. The molecule has 2 amide bonds. The summed E-state index contributed by atoms with van der Waals surface area (Å²) in [6.45, 7) is 1.39. The summed E-state index contributed by atoms with van der Waals surface area (Å²) in [7, 11) is 0. The number of aliphatic carboxylic acids is 1. The first-order valence-electron chi connectivity index (χ1n) is 12.6. The SMILES string of the molecule is O=C(NC1CCCC(C(=O)N2C[C@@H]3C(C(=O)O)[C@@H]3C2)C1)OCC1c2ccccc2-c2ccccc21. The van der Waals surface area contributed by atoms with E-state index in [-0.39, 0.29) is 48.1 Å². The van der Waals surface area contributed by atoms with Crippen molar-refractivity contribution in [2.24, 2.45) is 23.7 Å². The van der Waals surface area contributed by atoms with E-state index in [1.165, 1.54) is 22.3 Å². The molecule has 3 unspecified atom stereocenters. The number of nitrogens with zero attached hydrogens (tertiary/aromatic N) is 1. The van der Waals surface area contributed by atoms with Crippen LogP contribution in [0.4, 0.5) is 4.79 Å². The molecule has 0 radical (unpaired) electrons. The Morgan fingerprint density at radius 3 is 2.20 bits per heavy atom. The number of alkyl carbamates (subject to hydrolysis) is 1. The summed E-state index contributed by atoms with van der Waals surface area (Å²) >= 11 is 0. The van der Waals surface area contributed by atoms with Gasteiger partial charge < -0.3 is 20.1 Å². The molecule has 2 aromatic rings. The van der Waals surface area contributed by atoms with Crippen LogP contribution < -0.4 is 5.32 Å². The summed E-state index contributed by atoms with van der Waals surface area (Å²) < 4.78 is 5.69. The van der Waals surface area contributed by atoms with E-state index in [0.717, 1.165) is 19.3 Å². The average molecular weight is 475 g/mol. The third-order valence-electron chi connectivity index (χ3n) is 8.48. The second-order valence-electron chi connectivity index (χ2n) is 10.5. The van der Waals surface area contributed by atoms with Crippen molar-refractivity contribution in [2.45, 2.75) is 37.6 Å². The number of rotatable bonds is 5. The lowest BCUT2D eigenvalue weighted by atomic mass is 9.84. The lowest BCUT2D eigenvalue weighted by Crippen LogP contribution is -2.44. The molecule has 2 saturated carbocycles. The predicted octanol–water partition coefficient (Wildman–Crippen LogP) is 3.87. The van der Waals surface area contributed by atoms with Crippen LogP contribution in [-0.4, -0.2) is 53.7 Å². The van der Waals surface area contributed by atoms with Crippen molar-refractivity contribution < 1.29 is 24.2 Å². The quantitative estimate of drug-likeness (QED) is 0.686. The van der Waals surface area contributed by atoms with Gasteiger partial charge in [0.25, 0.3) is 0 Å². The molecule has 4 aliphatic rings. The topological polar surface area (TPSA) is 95.9 Å². The Labute approximate surface area is 204 Å². The molecule has 6 rings (SSSR count). The highest BCUT2D eigenvalue weighted by molar-refractivity contribution is 5.82. The number of carbonyl (C=O) groups is 3. The van der Waals surface area contributed by atoms with Gasteiger partial charge in [0.05, 0.1) is 5.92 Å². The van der Waals surface area contributed by atoms with E-state index >= 15 is 0 Å². The lowest BCUT2D eigenvalue weighted by molar-refractivity contribution is -0.142. The van der Waals surface area contributed by atoms with Gasteiger partial charge in [0.15, 0.2) is 0 Å². The summed E-state index contributed by atoms with van der Waals surface area (Å²) in [6, 6.07) is 16.4. The number of nitrogens with one attached hydrogen (secondary N) is 1. The maximum Gasteiger partial charge on any atom is 0.407 e. The highest BCUT2D eigenvalue weighted by Gasteiger charge is 2.60. The van der Waals surface area contributed by atoms with Crippen LogP contribution in [0.25, 0.3) is 11.1 Å². The Bertz CT molecular complexity index is 1120. The van der Waals surface area contributed by atoms with Crippen LogP contribution in [0, 0.1) is 23.7 Å². The van der Waals surface area contributed by atoms with Gasteiger partial charge in [-0.25, -0.2) is 4.79 Å². The molecular weight excluding hydrogens is 444 g/mol. The van der Waals surface area contributed by atoms with Gasteiger partial charge in [0.2, 0.25) is 5.91 Å². The first kappa shape index (κ1) is 22.1. The van der Waals surface area contributed by atoms with Crippen molar-refractivity contribution in [1.29, 1.82) is 0 Å². The normalized spacial score (nSPS) is 28.6. The van der Waals surface area contributed by atoms with Gasteiger partial charge in [0.1, 0.15) is 6.61 Å². The fourth-order valence-electron chi connectivity index (χ4n) is 6.68. The van der Waals surface area contributed by atoms with Crippen molar-refractivity contribution in [3.63, 3.8) is 0 Å². The third kappa shape index (κ3) is 3.97. The van der Waals surface area contributed by atoms with Crippen LogP contribution in [0.2, 0.25) is 0 Å². The molecule has 1 aliphatic heterocycles. The number of hydrogen-bond acceptors (Lipinski definition) is 4. The van der Waals surface area contributed by atoms with Crippen molar-refractivity contribution in [3.05, 3.63) is 59.7 Å². The minimum absolute atomic E-state index is 0.0186. The van der Waals surface area contributed by atoms with Crippen LogP contribution in [0.15, 0.2) is 48.5 Å². The fourth-order valence-corrected chi connectivity index (χ4v) is 6.68. The summed E-state index contributed by atoms with van der Waals surface area (Å²) in [5, 5.41) is 12.2. The number of ether oxygens (including phenoxy) is 1. The van der Waals surface area contributed by atoms with Crippen molar-refractivity contribution in [2.75, 3.05) is 19.7 Å². The number of carbonyl (C=O) groups excluding carboxylic acids is 2. The van der Waals surface area contributed by atoms with Crippen molar-refractivity contribution in [1.82, 2.24) is 10.2 Å². The molecule has 1 saturated heterocycles. The van der Waals surface area contributed by atoms with E-state index in [1.54, 1.807) is 0 Å². The standard InChI is InChI=1S/C28H30N2O5/c31-26(30-13-22-23(14-30)25(22)27(32)33)16-6-5-7-17(12-16)29-28(34)35-15-24-20-10-3-1-8-18(20)19-9-2-4-11-21(19)24/h1-4,8-11,16-17,22-25H,5-7,12-15H2,(H,29,34)(H,32,33)/t16?,17?,22-,23+,25?. The zero-order chi connectivity index (χ0) is 24.1. The van der Waals surface area contributed by atoms with E-state index in [1.807, 2.05) is 29.2 Å². The van der Waals surface area contributed by atoms with E-state index in [4.69, 9.17) is 4.74 Å². The highest BCUT2D eigenvalue weighted by Crippen LogP contribution is 2.52. The molecule has 3 aliphatic carbocycles. The van der Waals surface area contributed by atoms with Crippen LogP contribution >= 0.6 is 0 Å². The molecule has 0 aromatic heterocycles. The number of hydrogen-bond donors (Lipinski definition) is 2. The molecule has 35 heavy (non-hydrogen) atoms. The van der Waals surface area contributed by atoms with Gasteiger partial charge in [-0.15, -0.1) is 0 Å². The first-order chi connectivity index (χ1) is 17.0. The second kappa shape index (κ2) is 8.70. The summed E-state index contributed by atoms with van der Waals surface area (Å²) in [5.74, 6) is -0.760.